The first-order valence-corrected chi connectivity index (χ1v) is 7.84. The molecule has 0 spiro atoms. The summed E-state index contributed by atoms with van der Waals surface area (Å²) < 4.78 is 11.0. The second-order valence-corrected chi connectivity index (χ2v) is 6.40. The summed E-state index contributed by atoms with van der Waals surface area (Å²) in [6.07, 6.45) is 4.23. The van der Waals surface area contributed by atoms with Crippen LogP contribution in [-0.4, -0.2) is 23.4 Å². The minimum Gasteiger partial charge on any atom is -0.381 e. The molecule has 1 aromatic carbocycles. The van der Waals surface area contributed by atoms with Crippen molar-refractivity contribution in [2.75, 3.05) is 13.2 Å². The number of hydrogen-bond donors (Lipinski definition) is 0. The minimum absolute atomic E-state index is 0.143. The molecule has 110 valence electrons. The highest BCUT2D eigenvalue weighted by Gasteiger charge is 2.45. The van der Waals surface area contributed by atoms with E-state index in [-0.39, 0.29) is 11.3 Å². The maximum atomic E-state index is 6.15. The Bertz CT molecular complexity index is 645. The molecule has 0 unspecified atom stereocenters. The molecule has 0 amide bonds. The van der Waals surface area contributed by atoms with Crippen molar-refractivity contribution < 1.29 is 9.26 Å². The molecule has 4 rings (SSSR count). The predicted octanol–water partition coefficient (Wildman–Crippen LogP) is 3.70. The molecule has 5 heteroatoms. The van der Waals surface area contributed by atoms with Crippen LogP contribution in [-0.2, 0) is 10.2 Å². The summed E-state index contributed by atoms with van der Waals surface area (Å²) >= 11 is 6.15. The molecule has 1 aliphatic carbocycles. The quantitative estimate of drug-likeness (QED) is 0.867. The Morgan fingerprint density at radius 1 is 1.29 bits per heavy atom. The first kappa shape index (κ1) is 13.3. The van der Waals surface area contributed by atoms with Gasteiger partial charge in [0, 0.05) is 17.5 Å². The van der Waals surface area contributed by atoms with E-state index >= 15 is 0 Å². The average Bonchev–Trinajstić information content (AvgIpc) is 3.08. The Kier molecular flexibility index (Phi) is 3.23. The van der Waals surface area contributed by atoms with Gasteiger partial charge in [-0.1, -0.05) is 35.3 Å². The van der Waals surface area contributed by atoms with Crippen LogP contribution >= 0.6 is 11.6 Å². The smallest absolute Gasteiger partial charge is 0.237 e. The van der Waals surface area contributed by atoms with Gasteiger partial charge in [0.05, 0.1) is 12.0 Å². The van der Waals surface area contributed by atoms with E-state index in [0.29, 0.717) is 6.61 Å². The number of halogens is 1. The molecule has 1 aliphatic heterocycles. The molecule has 1 saturated carbocycles. The molecular formula is C16H17ClN2O2. The van der Waals surface area contributed by atoms with Crippen molar-refractivity contribution in [3.8, 4) is 0 Å². The van der Waals surface area contributed by atoms with Gasteiger partial charge in [-0.3, -0.25) is 0 Å². The molecule has 1 saturated heterocycles. The van der Waals surface area contributed by atoms with Crippen molar-refractivity contribution in [2.45, 2.75) is 37.0 Å². The molecule has 2 heterocycles. The highest BCUT2D eigenvalue weighted by molar-refractivity contribution is 6.30. The highest BCUT2D eigenvalue weighted by atomic mass is 35.5. The monoisotopic (exact) mass is 304 g/mol. The largest absolute Gasteiger partial charge is 0.381 e. The molecular weight excluding hydrogens is 288 g/mol. The molecule has 0 bridgehead atoms. The third-order valence-electron chi connectivity index (χ3n) is 4.73. The number of hydrogen-bond acceptors (Lipinski definition) is 4. The van der Waals surface area contributed by atoms with Gasteiger partial charge in [0.2, 0.25) is 5.89 Å². The predicted molar refractivity (Wildman–Crippen MR) is 78.6 cm³/mol. The third-order valence-corrected chi connectivity index (χ3v) is 4.97. The van der Waals surface area contributed by atoms with Gasteiger partial charge >= 0.3 is 0 Å². The summed E-state index contributed by atoms with van der Waals surface area (Å²) in [5.74, 6) is 1.80. The molecule has 2 aliphatic rings. The van der Waals surface area contributed by atoms with E-state index in [9.17, 15) is 0 Å². The van der Waals surface area contributed by atoms with E-state index < -0.39 is 0 Å². The molecule has 2 aromatic rings. The van der Waals surface area contributed by atoms with Crippen molar-refractivity contribution in [1.29, 1.82) is 0 Å². The molecule has 21 heavy (non-hydrogen) atoms. The Balaban J connectivity index is 1.69. The van der Waals surface area contributed by atoms with Gasteiger partial charge in [-0.2, -0.15) is 4.98 Å². The van der Waals surface area contributed by atoms with Crippen LogP contribution in [0.4, 0.5) is 0 Å². The van der Waals surface area contributed by atoms with Crippen molar-refractivity contribution in [2.24, 2.45) is 0 Å². The van der Waals surface area contributed by atoms with E-state index in [0.717, 1.165) is 42.6 Å². The second kappa shape index (κ2) is 5.11. The summed E-state index contributed by atoms with van der Waals surface area (Å²) in [7, 11) is 0. The fraction of sp³-hybridized carbons (Fsp3) is 0.500. The summed E-state index contributed by atoms with van der Waals surface area (Å²) in [6, 6.07) is 8.00. The maximum Gasteiger partial charge on any atom is 0.237 e. The highest BCUT2D eigenvalue weighted by Crippen LogP contribution is 2.49. The van der Waals surface area contributed by atoms with Gasteiger partial charge in [0.25, 0.3) is 0 Å². The lowest BCUT2D eigenvalue weighted by atomic mass is 9.64. The minimum atomic E-state index is -0.143. The van der Waals surface area contributed by atoms with E-state index in [1.54, 1.807) is 0 Å². The normalized spacial score (nSPS) is 24.0. The van der Waals surface area contributed by atoms with E-state index in [1.807, 2.05) is 18.2 Å². The molecule has 1 atom stereocenters. The first-order chi connectivity index (χ1) is 10.3. The number of benzene rings is 1. The molecule has 0 radical (unpaired) electrons. The van der Waals surface area contributed by atoms with Crippen LogP contribution in [0.3, 0.4) is 0 Å². The van der Waals surface area contributed by atoms with Gasteiger partial charge in [-0.05, 0) is 37.0 Å². The standard InChI is InChI=1S/C16H17ClN2O2/c17-13-4-1-3-12(9-13)16(6-2-7-16)15-18-14(19-21-15)11-5-8-20-10-11/h1,3-4,9,11H,2,5-8,10H2/t11-/m0/s1. The van der Waals surface area contributed by atoms with Crippen molar-refractivity contribution in [3.63, 3.8) is 0 Å². The van der Waals surface area contributed by atoms with E-state index in [1.165, 1.54) is 12.0 Å². The Morgan fingerprint density at radius 3 is 2.86 bits per heavy atom. The summed E-state index contributed by atoms with van der Waals surface area (Å²) in [5, 5.41) is 4.95. The zero-order chi connectivity index (χ0) is 14.3. The lowest BCUT2D eigenvalue weighted by molar-refractivity contribution is 0.192. The summed E-state index contributed by atoms with van der Waals surface area (Å²) in [4.78, 5) is 4.69. The molecule has 0 N–H and O–H groups in total. The summed E-state index contributed by atoms with van der Waals surface area (Å²) in [6.45, 7) is 1.48. The van der Waals surface area contributed by atoms with Crippen molar-refractivity contribution in [1.82, 2.24) is 10.1 Å². The van der Waals surface area contributed by atoms with Crippen LogP contribution in [0.1, 0.15) is 48.9 Å². The van der Waals surface area contributed by atoms with Crippen LogP contribution in [0.5, 0.6) is 0 Å². The maximum absolute atomic E-state index is 6.15. The lowest BCUT2D eigenvalue weighted by Crippen LogP contribution is -2.35. The fourth-order valence-electron chi connectivity index (χ4n) is 3.28. The fourth-order valence-corrected chi connectivity index (χ4v) is 3.47. The van der Waals surface area contributed by atoms with Gasteiger partial charge in [0.15, 0.2) is 5.82 Å². The number of ether oxygens (including phenoxy) is 1. The number of nitrogens with zero attached hydrogens (tertiary/aromatic N) is 2. The van der Waals surface area contributed by atoms with Crippen molar-refractivity contribution in [3.05, 3.63) is 46.6 Å². The van der Waals surface area contributed by atoms with Crippen molar-refractivity contribution >= 4 is 11.6 Å². The van der Waals surface area contributed by atoms with E-state index in [4.69, 9.17) is 25.8 Å². The van der Waals surface area contributed by atoms with Gasteiger partial charge in [-0.25, -0.2) is 0 Å². The average molecular weight is 305 g/mol. The Morgan fingerprint density at radius 2 is 2.19 bits per heavy atom. The van der Waals surface area contributed by atoms with Gasteiger partial charge in [-0.15, -0.1) is 0 Å². The van der Waals surface area contributed by atoms with Crippen LogP contribution in [0, 0.1) is 0 Å². The number of rotatable bonds is 3. The van der Waals surface area contributed by atoms with Crippen LogP contribution < -0.4 is 0 Å². The number of aromatic nitrogens is 2. The van der Waals surface area contributed by atoms with Gasteiger partial charge < -0.3 is 9.26 Å². The molecule has 2 fully saturated rings. The lowest BCUT2D eigenvalue weighted by Gasteiger charge is -2.39. The SMILES string of the molecule is Clc1cccc(C2(c3nc([C@H]4CCOC4)no3)CCC2)c1. The second-order valence-electron chi connectivity index (χ2n) is 5.96. The molecule has 4 nitrogen and oxygen atoms in total. The van der Waals surface area contributed by atoms with Crippen LogP contribution in [0.15, 0.2) is 28.8 Å². The Hall–Kier alpha value is -1.39. The zero-order valence-electron chi connectivity index (χ0n) is 11.7. The van der Waals surface area contributed by atoms with Gasteiger partial charge in [0.1, 0.15) is 0 Å². The Labute approximate surface area is 128 Å². The van der Waals surface area contributed by atoms with E-state index in [2.05, 4.69) is 11.2 Å². The third kappa shape index (κ3) is 2.17. The van der Waals surface area contributed by atoms with Crippen LogP contribution in [0.25, 0.3) is 0 Å². The molecule has 1 aromatic heterocycles. The topological polar surface area (TPSA) is 48.2 Å². The summed E-state index contributed by atoms with van der Waals surface area (Å²) in [5.41, 5.74) is 1.04. The first-order valence-electron chi connectivity index (χ1n) is 7.46. The van der Waals surface area contributed by atoms with Crippen LogP contribution in [0.2, 0.25) is 5.02 Å². The zero-order valence-corrected chi connectivity index (χ0v) is 12.5.